The molecule has 6 nitrogen and oxygen atoms in total. The number of aromatic nitrogens is 1. The van der Waals surface area contributed by atoms with Crippen molar-refractivity contribution in [2.75, 3.05) is 27.4 Å². The number of carbonyl (C=O) groups is 2. The van der Waals surface area contributed by atoms with E-state index >= 15 is 0 Å². The zero-order chi connectivity index (χ0) is 14.3. The molecule has 0 atom stereocenters. The Bertz CT molecular complexity index is 433. The number of carbonyl (C=O) groups excluding carboxylic acids is 2. The first-order chi connectivity index (χ1) is 9.12. The molecule has 0 unspecified atom stereocenters. The first kappa shape index (κ1) is 15.6. The summed E-state index contributed by atoms with van der Waals surface area (Å²) in [5.41, 5.74) is 0.276. The molecule has 0 aromatic carbocycles. The van der Waals surface area contributed by atoms with Crippen molar-refractivity contribution in [3.63, 3.8) is 0 Å². The van der Waals surface area contributed by atoms with Gasteiger partial charge in [-0.15, -0.1) is 11.3 Å². The minimum atomic E-state index is -0.465. The molecule has 7 heteroatoms. The maximum Gasteiger partial charge on any atom is 0.357 e. The van der Waals surface area contributed by atoms with Gasteiger partial charge in [-0.1, -0.05) is 6.92 Å². The van der Waals surface area contributed by atoms with Crippen molar-refractivity contribution in [2.24, 2.45) is 0 Å². The molecule has 0 N–H and O–H groups in total. The zero-order valence-corrected chi connectivity index (χ0v) is 12.2. The highest BCUT2D eigenvalue weighted by Gasteiger charge is 2.16. The molecule has 19 heavy (non-hydrogen) atoms. The second kappa shape index (κ2) is 7.85. The molecule has 0 saturated heterocycles. The van der Waals surface area contributed by atoms with Crippen molar-refractivity contribution < 1.29 is 19.1 Å². The van der Waals surface area contributed by atoms with Crippen LogP contribution in [0, 0.1) is 0 Å². The lowest BCUT2D eigenvalue weighted by molar-refractivity contribution is -0.135. The Morgan fingerprint density at radius 1 is 1.42 bits per heavy atom. The van der Waals surface area contributed by atoms with Crippen LogP contribution in [0.4, 0.5) is 0 Å². The Kier molecular flexibility index (Phi) is 6.44. The largest absolute Gasteiger partial charge is 0.464 e. The van der Waals surface area contributed by atoms with Crippen LogP contribution in [0.15, 0.2) is 5.38 Å². The summed E-state index contributed by atoms with van der Waals surface area (Å²) < 4.78 is 9.44. The molecule has 0 aliphatic heterocycles. The topological polar surface area (TPSA) is 68.7 Å². The third-order valence-electron chi connectivity index (χ3n) is 2.39. The van der Waals surface area contributed by atoms with E-state index in [9.17, 15) is 9.59 Å². The Hall–Kier alpha value is -1.47. The average molecular weight is 286 g/mol. The molecule has 106 valence electrons. The number of thiazole rings is 1. The van der Waals surface area contributed by atoms with Crippen molar-refractivity contribution in [3.05, 3.63) is 16.1 Å². The third-order valence-corrected chi connectivity index (χ3v) is 3.22. The molecule has 1 amide bonds. The summed E-state index contributed by atoms with van der Waals surface area (Å²) in [6, 6.07) is 0. The van der Waals surface area contributed by atoms with Crippen LogP contribution in [0.1, 0.15) is 28.8 Å². The number of hydrogen-bond acceptors (Lipinski definition) is 6. The summed E-state index contributed by atoms with van der Waals surface area (Å²) in [7, 11) is 2.80. The first-order valence-electron chi connectivity index (χ1n) is 5.91. The summed E-state index contributed by atoms with van der Waals surface area (Å²) in [6.07, 6.45) is 0.852. The van der Waals surface area contributed by atoms with Gasteiger partial charge in [0.1, 0.15) is 11.6 Å². The van der Waals surface area contributed by atoms with E-state index in [4.69, 9.17) is 4.74 Å². The van der Waals surface area contributed by atoms with Gasteiger partial charge in [-0.3, -0.25) is 4.79 Å². The highest BCUT2D eigenvalue weighted by molar-refractivity contribution is 7.09. The van der Waals surface area contributed by atoms with Gasteiger partial charge >= 0.3 is 5.97 Å². The summed E-state index contributed by atoms with van der Waals surface area (Å²) in [4.78, 5) is 28.9. The van der Waals surface area contributed by atoms with E-state index in [0.29, 0.717) is 18.1 Å². The van der Waals surface area contributed by atoms with Crippen molar-refractivity contribution >= 4 is 23.2 Å². The fraction of sp³-hybridized carbons (Fsp3) is 0.583. The highest BCUT2D eigenvalue weighted by atomic mass is 32.1. The van der Waals surface area contributed by atoms with Crippen molar-refractivity contribution in [3.8, 4) is 0 Å². The fourth-order valence-electron chi connectivity index (χ4n) is 1.52. The van der Waals surface area contributed by atoms with Gasteiger partial charge in [0.25, 0.3) is 0 Å². The SMILES string of the molecule is CCCN(Cc1nc(C(=O)OC)cs1)C(=O)COC. The highest BCUT2D eigenvalue weighted by Crippen LogP contribution is 2.13. The number of amides is 1. The molecular formula is C12H18N2O4S. The zero-order valence-electron chi connectivity index (χ0n) is 11.3. The van der Waals surface area contributed by atoms with Gasteiger partial charge in [0.2, 0.25) is 5.91 Å². The molecule has 1 heterocycles. The van der Waals surface area contributed by atoms with Gasteiger partial charge in [0, 0.05) is 19.0 Å². The van der Waals surface area contributed by atoms with Crippen LogP contribution in [0.5, 0.6) is 0 Å². The van der Waals surface area contributed by atoms with Gasteiger partial charge in [-0.05, 0) is 6.42 Å². The van der Waals surface area contributed by atoms with Crippen LogP contribution in [-0.4, -0.2) is 49.1 Å². The molecule has 1 aromatic rings. The van der Waals surface area contributed by atoms with Crippen LogP contribution in [-0.2, 0) is 20.8 Å². The van der Waals surface area contributed by atoms with Crippen molar-refractivity contribution in [1.29, 1.82) is 0 Å². The molecule has 1 aromatic heterocycles. The van der Waals surface area contributed by atoms with Crippen LogP contribution >= 0.6 is 11.3 Å². The van der Waals surface area contributed by atoms with Crippen LogP contribution in [0.3, 0.4) is 0 Å². The van der Waals surface area contributed by atoms with Crippen LogP contribution in [0.2, 0.25) is 0 Å². The Morgan fingerprint density at radius 3 is 2.74 bits per heavy atom. The minimum Gasteiger partial charge on any atom is -0.464 e. The molecule has 0 aliphatic carbocycles. The minimum absolute atomic E-state index is 0.0508. The smallest absolute Gasteiger partial charge is 0.357 e. The lowest BCUT2D eigenvalue weighted by atomic mass is 10.4. The van der Waals surface area contributed by atoms with E-state index in [2.05, 4.69) is 9.72 Å². The summed E-state index contributed by atoms with van der Waals surface area (Å²) in [5, 5.41) is 2.34. The van der Waals surface area contributed by atoms with Gasteiger partial charge in [-0.2, -0.15) is 0 Å². The summed E-state index contributed by atoms with van der Waals surface area (Å²) >= 11 is 1.34. The molecule has 0 fully saturated rings. The molecule has 0 spiro atoms. The van der Waals surface area contributed by atoms with Gasteiger partial charge in [0.15, 0.2) is 5.69 Å². The molecule has 0 saturated carbocycles. The molecule has 0 radical (unpaired) electrons. The van der Waals surface area contributed by atoms with Crippen molar-refractivity contribution in [1.82, 2.24) is 9.88 Å². The van der Waals surface area contributed by atoms with E-state index in [0.717, 1.165) is 6.42 Å². The van der Waals surface area contributed by atoms with Crippen LogP contribution < -0.4 is 0 Å². The Labute approximate surface area is 116 Å². The molecule has 1 rings (SSSR count). The number of ether oxygens (including phenoxy) is 2. The number of esters is 1. The number of rotatable bonds is 7. The van der Waals surface area contributed by atoms with E-state index < -0.39 is 5.97 Å². The second-order valence-corrected chi connectivity index (χ2v) is 4.81. The van der Waals surface area contributed by atoms with E-state index in [1.54, 1.807) is 10.3 Å². The maximum atomic E-state index is 11.8. The molecular weight excluding hydrogens is 268 g/mol. The molecule has 0 bridgehead atoms. The Balaban J connectivity index is 2.70. The second-order valence-electron chi connectivity index (χ2n) is 3.87. The van der Waals surface area contributed by atoms with Crippen molar-refractivity contribution in [2.45, 2.75) is 19.9 Å². The van der Waals surface area contributed by atoms with Gasteiger partial charge < -0.3 is 14.4 Å². The summed E-state index contributed by atoms with van der Waals surface area (Å²) in [5.74, 6) is -0.549. The average Bonchev–Trinajstić information content (AvgIpc) is 2.86. The lowest BCUT2D eigenvalue weighted by Gasteiger charge is -2.20. The Morgan fingerprint density at radius 2 is 2.16 bits per heavy atom. The fourth-order valence-corrected chi connectivity index (χ4v) is 2.30. The summed E-state index contributed by atoms with van der Waals surface area (Å²) in [6.45, 7) is 3.07. The predicted molar refractivity (Wildman–Crippen MR) is 71.0 cm³/mol. The third kappa shape index (κ3) is 4.60. The number of nitrogens with zero attached hydrogens (tertiary/aromatic N) is 2. The van der Waals surface area contributed by atoms with E-state index in [1.807, 2.05) is 6.92 Å². The van der Waals surface area contributed by atoms with Gasteiger partial charge in [0.05, 0.1) is 13.7 Å². The quantitative estimate of drug-likeness (QED) is 0.707. The first-order valence-corrected chi connectivity index (χ1v) is 6.79. The van der Waals surface area contributed by atoms with E-state index in [1.165, 1.54) is 25.6 Å². The number of hydrogen-bond donors (Lipinski definition) is 0. The van der Waals surface area contributed by atoms with Crippen LogP contribution in [0.25, 0.3) is 0 Å². The van der Waals surface area contributed by atoms with Gasteiger partial charge in [-0.25, -0.2) is 9.78 Å². The molecule has 0 aliphatic rings. The number of methoxy groups -OCH3 is 2. The monoisotopic (exact) mass is 286 g/mol. The maximum absolute atomic E-state index is 11.8. The predicted octanol–water partition coefficient (Wildman–Crippen LogP) is 1.31. The normalized spacial score (nSPS) is 10.3. The standard InChI is InChI=1S/C12H18N2O4S/c1-4-5-14(11(15)7-17-2)6-10-13-9(8-19-10)12(16)18-3/h8H,4-7H2,1-3H3. The lowest BCUT2D eigenvalue weighted by Crippen LogP contribution is -2.33. The van der Waals surface area contributed by atoms with E-state index in [-0.39, 0.29) is 18.2 Å².